The minimum absolute atomic E-state index is 0.0885. The third-order valence-electron chi connectivity index (χ3n) is 12.6. The molecule has 0 N–H and O–H groups in total. The Morgan fingerprint density at radius 3 is 0.873 bits per heavy atom. The first-order chi connectivity index (χ1) is 35.0. The van der Waals surface area contributed by atoms with Gasteiger partial charge in [-0.1, -0.05) is 259 Å². The van der Waals surface area contributed by atoms with Crippen molar-refractivity contribution in [3.63, 3.8) is 0 Å². The molecule has 0 aromatic carbocycles. The van der Waals surface area contributed by atoms with Gasteiger partial charge in [0.25, 0.3) is 0 Å². The minimum Gasteiger partial charge on any atom is -0.462 e. The number of carbonyl (C=O) groups excluding carboxylic acids is 3. The molecule has 0 radical (unpaired) electrons. The molecule has 0 aliphatic rings. The topological polar surface area (TPSA) is 78.9 Å². The molecule has 0 aliphatic heterocycles. The molecule has 6 heteroatoms. The molecular formula is C65H110O6. The molecule has 406 valence electrons. The van der Waals surface area contributed by atoms with E-state index in [-0.39, 0.29) is 31.1 Å². The fourth-order valence-electron chi connectivity index (χ4n) is 8.19. The van der Waals surface area contributed by atoms with E-state index in [1.165, 1.54) is 116 Å². The fourth-order valence-corrected chi connectivity index (χ4v) is 8.19. The van der Waals surface area contributed by atoms with Crippen LogP contribution in [0.25, 0.3) is 0 Å². The summed E-state index contributed by atoms with van der Waals surface area (Å²) in [5, 5.41) is 0. The molecule has 1 atom stereocenters. The number of rotatable bonds is 53. The highest BCUT2D eigenvalue weighted by Gasteiger charge is 2.19. The Hall–Kier alpha value is -3.67. The maximum absolute atomic E-state index is 12.9. The highest BCUT2D eigenvalue weighted by atomic mass is 16.6. The Bertz CT molecular complexity index is 1410. The Labute approximate surface area is 438 Å². The van der Waals surface area contributed by atoms with Crippen LogP contribution in [0.2, 0.25) is 0 Å². The lowest BCUT2D eigenvalue weighted by Crippen LogP contribution is -2.30. The van der Waals surface area contributed by atoms with E-state index in [1.54, 1.807) is 0 Å². The van der Waals surface area contributed by atoms with Crippen LogP contribution in [0.1, 0.15) is 278 Å². The van der Waals surface area contributed by atoms with Gasteiger partial charge in [0.05, 0.1) is 0 Å². The lowest BCUT2D eigenvalue weighted by atomic mass is 10.0. The second-order valence-corrected chi connectivity index (χ2v) is 19.5. The molecule has 71 heavy (non-hydrogen) atoms. The Morgan fingerprint density at radius 2 is 0.549 bits per heavy atom. The second kappa shape index (κ2) is 58.9. The monoisotopic (exact) mass is 987 g/mol. The minimum atomic E-state index is -0.791. The first-order valence-electron chi connectivity index (χ1n) is 29.7. The van der Waals surface area contributed by atoms with Crippen molar-refractivity contribution in [2.75, 3.05) is 13.2 Å². The molecule has 0 amide bonds. The molecule has 0 aromatic heterocycles. The van der Waals surface area contributed by atoms with Crippen molar-refractivity contribution < 1.29 is 28.6 Å². The first-order valence-corrected chi connectivity index (χ1v) is 29.7. The molecule has 0 saturated heterocycles. The molecule has 0 saturated carbocycles. The Morgan fingerprint density at radius 1 is 0.296 bits per heavy atom. The number of ether oxygens (including phenoxy) is 3. The molecule has 0 aromatic rings. The molecule has 0 spiro atoms. The van der Waals surface area contributed by atoms with Gasteiger partial charge in [0, 0.05) is 19.3 Å². The van der Waals surface area contributed by atoms with Gasteiger partial charge >= 0.3 is 17.9 Å². The summed E-state index contributed by atoms with van der Waals surface area (Å²) in [6, 6.07) is 0. The van der Waals surface area contributed by atoms with Crippen LogP contribution in [0.4, 0.5) is 0 Å². The summed E-state index contributed by atoms with van der Waals surface area (Å²) < 4.78 is 16.9. The summed E-state index contributed by atoms with van der Waals surface area (Å²) >= 11 is 0. The standard InChI is InChI=1S/C65H110O6/c1-4-7-10-13-16-19-22-25-27-28-29-30-31-32-33-34-35-36-38-40-43-46-49-52-55-58-64(67)70-61-62(60-69-63(66)57-54-51-48-45-42-39-24-21-18-15-12-9-6-3)71-65(68)59-56-53-50-47-44-41-37-26-23-20-17-14-11-8-5-2/h7,9-10,12,16,18-19,21,25,27,29-30,32-33,39,42,62H,4-6,8,11,13-15,17,20,22-24,26,28,31,34-38,40-41,43-61H2,1-3H3/b10-7-,12-9-,19-16-,21-18-,27-25-,30-29-,33-32-,42-39-. The van der Waals surface area contributed by atoms with Crippen LogP contribution in [0.3, 0.4) is 0 Å². The van der Waals surface area contributed by atoms with Crippen LogP contribution in [0.5, 0.6) is 0 Å². The predicted molar refractivity (Wildman–Crippen MR) is 307 cm³/mol. The van der Waals surface area contributed by atoms with E-state index in [9.17, 15) is 14.4 Å². The van der Waals surface area contributed by atoms with Gasteiger partial charge in [-0.15, -0.1) is 0 Å². The van der Waals surface area contributed by atoms with Crippen LogP contribution < -0.4 is 0 Å². The van der Waals surface area contributed by atoms with Crippen molar-refractivity contribution in [1.29, 1.82) is 0 Å². The zero-order valence-corrected chi connectivity index (χ0v) is 46.5. The highest BCUT2D eigenvalue weighted by Crippen LogP contribution is 2.16. The number of allylic oxidation sites excluding steroid dienone is 16. The fraction of sp³-hybridized carbons (Fsp3) is 0.708. The van der Waals surface area contributed by atoms with E-state index in [0.717, 1.165) is 122 Å². The zero-order valence-electron chi connectivity index (χ0n) is 46.5. The third kappa shape index (κ3) is 57.1. The molecule has 6 nitrogen and oxygen atoms in total. The maximum Gasteiger partial charge on any atom is 0.306 e. The summed E-state index contributed by atoms with van der Waals surface area (Å²) in [6.07, 6.45) is 78.3. The first kappa shape index (κ1) is 67.3. The van der Waals surface area contributed by atoms with Gasteiger partial charge in [0.15, 0.2) is 6.10 Å². The normalized spacial score (nSPS) is 12.8. The molecule has 0 fully saturated rings. The summed E-state index contributed by atoms with van der Waals surface area (Å²) in [4.78, 5) is 38.2. The average Bonchev–Trinajstić information content (AvgIpc) is 3.37. The molecule has 0 heterocycles. The number of unbranched alkanes of at least 4 members (excludes halogenated alkanes) is 26. The molecule has 1 unspecified atom stereocenters. The van der Waals surface area contributed by atoms with E-state index in [0.29, 0.717) is 19.3 Å². The van der Waals surface area contributed by atoms with Crippen molar-refractivity contribution in [3.8, 4) is 0 Å². The van der Waals surface area contributed by atoms with Crippen LogP contribution in [0, 0.1) is 0 Å². The molecular weight excluding hydrogens is 877 g/mol. The van der Waals surface area contributed by atoms with E-state index in [4.69, 9.17) is 14.2 Å². The van der Waals surface area contributed by atoms with E-state index in [1.807, 2.05) is 0 Å². The lowest BCUT2D eigenvalue weighted by Gasteiger charge is -2.18. The van der Waals surface area contributed by atoms with Crippen LogP contribution in [0.15, 0.2) is 97.2 Å². The van der Waals surface area contributed by atoms with Gasteiger partial charge in [-0.05, 0) is 96.3 Å². The largest absolute Gasteiger partial charge is 0.462 e. The van der Waals surface area contributed by atoms with Gasteiger partial charge in [-0.2, -0.15) is 0 Å². The van der Waals surface area contributed by atoms with Gasteiger partial charge < -0.3 is 14.2 Å². The summed E-state index contributed by atoms with van der Waals surface area (Å²) in [5.41, 5.74) is 0. The Balaban J connectivity index is 4.33. The third-order valence-corrected chi connectivity index (χ3v) is 12.6. The lowest BCUT2D eigenvalue weighted by molar-refractivity contribution is -0.167. The number of hydrogen-bond acceptors (Lipinski definition) is 6. The van der Waals surface area contributed by atoms with Crippen LogP contribution in [-0.4, -0.2) is 37.2 Å². The van der Waals surface area contributed by atoms with Crippen molar-refractivity contribution in [2.24, 2.45) is 0 Å². The number of carbonyl (C=O) groups is 3. The van der Waals surface area contributed by atoms with Crippen LogP contribution >= 0.6 is 0 Å². The number of hydrogen-bond donors (Lipinski definition) is 0. The van der Waals surface area contributed by atoms with Crippen LogP contribution in [-0.2, 0) is 28.6 Å². The van der Waals surface area contributed by atoms with E-state index in [2.05, 4.69) is 118 Å². The van der Waals surface area contributed by atoms with E-state index >= 15 is 0 Å². The number of esters is 3. The zero-order chi connectivity index (χ0) is 51.4. The summed E-state index contributed by atoms with van der Waals surface area (Å²) in [5.74, 6) is -0.917. The Kier molecular flexibility index (Phi) is 55.9. The molecule has 0 rings (SSSR count). The van der Waals surface area contributed by atoms with Gasteiger partial charge in [-0.25, -0.2) is 0 Å². The molecule has 0 bridgehead atoms. The van der Waals surface area contributed by atoms with Gasteiger partial charge in [0.2, 0.25) is 0 Å². The van der Waals surface area contributed by atoms with Crippen molar-refractivity contribution >= 4 is 17.9 Å². The predicted octanol–water partition coefficient (Wildman–Crippen LogP) is 20.1. The average molecular weight is 988 g/mol. The maximum atomic E-state index is 12.9. The molecule has 0 aliphatic carbocycles. The smallest absolute Gasteiger partial charge is 0.306 e. The van der Waals surface area contributed by atoms with Gasteiger partial charge in [-0.3, -0.25) is 14.4 Å². The summed E-state index contributed by atoms with van der Waals surface area (Å²) in [7, 11) is 0. The highest BCUT2D eigenvalue weighted by molar-refractivity contribution is 5.71. The summed E-state index contributed by atoms with van der Waals surface area (Å²) in [6.45, 7) is 6.40. The van der Waals surface area contributed by atoms with Crippen molar-refractivity contribution in [2.45, 2.75) is 284 Å². The van der Waals surface area contributed by atoms with Crippen molar-refractivity contribution in [1.82, 2.24) is 0 Å². The van der Waals surface area contributed by atoms with Gasteiger partial charge in [0.1, 0.15) is 13.2 Å². The quantitative estimate of drug-likeness (QED) is 0.0261. The SMILES string of the molecule is CC/C=C\C/C=C\C/C=C\C/C=C\C/C=C\CCCCCCCCCCCC(=O)OCC(COC(=O)CCCCC/C=C\C/C=C\C/C=C\CC)OC(=O)CCCCCCCCCCCCCCCCC. The second-order valence-electron chi connectivity index (χ2n) is 19.5. The van der Waals surface area contributed by atoms with E-state index < -0.39 is 6.10 Å². The van der Waals surface area contributed by atoms with Crippen molar-refractivity contribution in [3.05, 3.63) is 97.2 Å².